The van der Waals surface area contributed by atoms with E-state index < -0.39 is 0 Å². The third-order valence-corrected chi connectivity index (χ3v) is 3.42. The van der Waals surface area contributed by atoms with Gasteiger partial charge in [0.1, 0.15) is 5.56 Å². The van der Waals surface area contributed by atoms with Crippen molar-refractivity contribution in [2.45, 2.75) is 20.4 Å². The monoisotopic (exact) mass is 387 g/mol. The summed E-state index contributed by atoms with van der Waals surface area (Å²) in [7, 11) is 1.58. The van der Waals surface area contributed by atoms with Gasteiger partial charge in [0.25, 0.3) is 11.8 Å². The Bertz CT molecular complexity index is 696. The van der Waals surface area contributed by atoms with Crippen LogP contribution in [0.5, 0.6) is 0 Å². The molecular formula is C17H20N3O2Y+. The molecule has 1 heterocycles. The van der Waals surface area contributed by atoms with E-state index >= 15 is 0 Å². The van der Waals surface area contributed by atoms with Crippen molar-refractivity contribution < 1.29 is 46.9 Å². The molecule has 0 aliphatic carbocycles. The molecule has 0 saturated heterocycles. The Labute approximate surface area is 161 Å². The van der Waals surface area contributed by atoms with E-state index in [1.165, 1.54) is 0 Å². The maximum Gasteiger partial charge on any atom is 0.290 e. The molecule has 1 radical (unpaired) electrons. The summed E-state index contributed by atoms with van der Waals surface area (Å²) < 4.78 is 1.69. The fourth-order valence-electron chi connectivity index (χ4n) is 2.26. The van der Waals surface area contributed by atoms with Crippen LogP contribution in [0.2, 0.25) is 0 Å². The molecule has 0 aliphatic rings. The largest absolute Gasteiger partial charge is 0.355 e. The van der Waals surface area contributed by atoms with Crippen molar-refractivity contribution in [1.82, 2.24) is 5.32 Å². The first-order valence-electron chi connectivity index (χ1n) is 7.08. The van der Waals surface area contributed by atoms with Gasteiger partial charge in [0.05, 0.1) is 0 Å². The van der Waals surface area contributed by atoms with Crippen molar-refractivity contribution in [3.63, 3.8) is 0 Å². The Morgan fingerprint density at radius 2 is 1.74 bits per heavy atom. The molecule has 1 aromatic carbocycles. The molecule has 0 atom stereocenters. The van der Waals surface area contributed by atoms with Crippen LogP contribution < -0.4 is 15.2 Å². The second-order valence-electron chi connectivity index (χ2n) is 5.16. The van der Waals surface area contributed by atoms with Gasteiger partial charge in [-0.2, -0.15) is 4.57 Å². The zero-order valence-corrected chi connectivity index (χ0v) is 16.4. The normalized spacial score (nSPS) is 9.70. The van der Waals surface area contributed by atoms with Crippen LogP contribution in [0.3, 0.4) is 0 Å². The Morgan fingerprint density at radius 1 is 1.09 bits per heavy atom. The number of para-hydroxylation sites is 1. The number of benzene rings is 1. The molecule has 23 heavy (non-hydrogen) atoms. The number of rotatable bonds is 4. The minimum Gasteiger partial charge on any atom is -0.355 e. The van der Waals surface area contributed by atoms with E-state index in [0.717, 1.165) is 16.8 Å². The molecular weight excluding hydrogens is 367 g/mol. The maximum absolute atomic E-state index is 12.2. The van der Waals surface area contributed by atoms with E-state index in [4.69, 9.17) is 0 Å². The third kappa shape index (κ3) is 5.22. The number of carbonyl (C=O) groups excluding carboxylic acids is 2. The zero-order chi connectivity index (χ0) is 16.1. The summed E-state index contributed by atoms with van der Waals surface area (Å²) in [5, 5.41) is 5.49. The van der Waals surface area contributed by atoms with Crippen molar-refractivity contribution in [2.24, 2.45) is 0 Å². The number of amides is 2. The van der Waals surface area contributed by atoms with Gasteiger partial charge in [0.2, 0.25) is 6.54 Å². The van der Waals surface area contributed by atoms with Gasteiger partial charge in [0.15, 0.2) is 12.4 Å². The summed E-state index contributed by atoms with van der Waals surface area (Å²) in [6, 6.07) is 9.33. The van der Waals surface area contributed by atoms with Crippen LogP contribution >= 0.6 is 0 Å². The number of nitrogens with zero attached hydrogens (tertiary/aromatic N) is 1. The number of nitrogens with one attached hydrogen (secondary N) is 2. The number of hydrogen-bond donors (Lipinski definition) is 2. The fourth-order valence-corrected chi connectivity index (χ4v) is 2.26. The molecule has 5 nitrogen and oxygen atoms in total. The van der Waals surface area contributed by atoms with Gasteiger partial charge in [-0.15, -0.1) is 0 Å². The maximum atomic E-state index is 12.2. The second-order valence-corrected chi connectivity index (χ2v) is 5.16. The van der Waals surface area contributed by atoms with Crippen LogP contribution in [0.1, 0.15) is 21.5 Å². The molecule has 6 heteroatoms. The van der Waals surface area contributed by atoms with Gasteiger partial charge in [-0.3, -0.25) is 9.59 Å². The number of aryl methyl sites for hydroxylation is 2. The van der Waals surface area contributed by atoms with Crippen molar-refractivity contribution in [3.05, 3.63) is 59.4 Å². The van der Waals surface area contributed by atoms with Gasteiger partial charge in [-0.05, 0) is 31.0 Å². The average molecular weight is 387 g/mol. The fraction of sp³-hybridized carbons (Fsp3) is 0.235. The van der Waals surface area contributed by atoms with E-state index in [-0.39, 0.29) is 51.1 Å². The van der Waals surface area contributed by atoms with Crippen molar-refractivity contribution >= 4 is 17.5 Å². The van der Waals surface area contributed by atoms with Gasteiger partial charge in [-0.1, -0.05) is 18.2 Å². The molecule has 1 aromatic heterocycles. The molecule has 117 valence electrons. The Hall–Kier alpha value is -1.59. The topological polar surface area (TPSA) is 62.1 Å². The molecule has 2 N–H and O–H groups in total. The third-order valence-electron chi connectivity index (χ3n) is 3.42. The first-order valence-corrected chi connectivity index (χ1v) is 7.08. The van der Waals surface area contributed by atoms with Gasteiger partial charge >= 0.3 is 0 Å². The zero-order valence-electron chi connectivity index (χ0n) is 13.6. The van der Waals surface area contributed by atoms with Crippen LogP contribution in [0.25, 0.3) is 0 Å². The summed E-state index contributed by atoms with van der Waals surface area (Å²) in [6.07, 6.45) is 3.42. The number of hydrogen-bond acceptors (Lipinski definition) is 2. The molecule has 2 aromatic rings. The number of aromatic nitrogens is 1. The van der Waals surface area contributed by atoms with Crippen LogP contribution in [0, 0.1) is 13.8 Å². The van der Waals surface area contributed by atoms with E-state index in [2.05, 4.69) is 10.6 Å². The number of pyridine rings is 1. The van der Waals surface area contributed by atoms with E-state index in [1.807, 2.05) is 32.0 Å². The molecule has 0 spiro atoms. The summed E-state index contributed by atoms with van der Waals surface area (Å²) in [4.78, 5) is 23.8. The van der Waals surface area contributed by atoms with Crippen LogP contribution in [0.15, 0.2) is 42.7 Å². The molecule has 2 rings (SSSR count). The van der Waals surface area contributed by atoms with Crippen LogP contribution in [0.4, 0.5) is 5.69 Å². The van der Waals surface area contributed by atoms with Gasteiger partial charge in [-0.25, -0.2) is 0 Å². The quantitative estimate of drug-likeness (QED) is 0.783. The molecule has 0 fully saturated rings. The van der Waals surface area contributed by atoms with Crippen LogP contribution in [-0.2, 0) is 44.0 Å². The van der Waals surface area contributed by atoms with Gasteiger partial charge < -0.3 is 10.6 Å². The second kappa shape index (κ2) is 8.89. The van der Waals surface area contributed by atoms with Gasteiger partial charge in [0, 0.05) is 51.5 Å². The SMILES string of the molecule is CNC(=O)c1ccc[n+](CC(=O)Nc2c(C)cccc2C)c1.[Y]. The molecule has 0 aliphatic heterocycles. The molecule has 0 saturated carbocycles. The number of carbonyl (C=O) groups is 2. The molecule has 0 unspecified atom stereocenters. The minimum absolute atomic E-state index is 0. The van der Waals surface area contributed by atoms with Crippen molar-refractivity contribution in [1.29, 1.82) is 0 Å². The minimum atomic E-state index is -0.176. The first-order chi connectivity index (χ1) is 10.5. The standard InChI is InChI=1S/C17H19N3O2.Y/c1-12-6-4-7-13(2)16(12)19-15(21)11-20-9-5-8-14(10-20)17(22)18-3;/h4-10H,11H2,1-3H3,(H-,18,19,21,22);/p+1. The van der Waals surface area contributed by atoms with E-state index in [0.29, 0.717) is 5.56 Å². The number of anilines is 1. The summed E-state index contributed by atoms with van der Waals surface area (Å²) in [6.45, 7) is 4.07. The first kappa shape index (κ1) is 19.5. The smallest absolute Gasteiger partial charge is 0.290 e. The molecule has 0 bridgehead atoms. The van der Waals surface area contributed by atoms with Crippen molar-refractivity contribution in [2.75, 3.05) is 12.4 Å². The Balaban J connectivity index is 0.00000264. The van der Waals surface area contributed by atoms with Crippen molar-refractivity contribution in [3.8, 4) is 0 Å². The predicted octanol–water partition coefficient (Wildman–Crippen LogP) is 1.59. The Kier molecular flexibility index (Phi) is 7.52. The Morgan fingerprint density at radius 3 is 2.35 bits per heavy atom. The molecule has 2 amide bonds. The predicted molar refractivity (Wildman–Crippen MR) is 84.6 cm³/mol. The summed E-state index contributed by atoms with van der Waals surface area (Å²) in [5.41, 5.74) is 3.41. The van der Waals surface area contributed by atoms with Crippen LogP contribution in [-0.4, -0.2) is 18.9 Å². The van der Waals surface area contributed by atoms with E-state index in [9.17, 15) is 9.59 Å². The summed E-state index contributed by atoms with van der Waals surface area (Å²) in [5.74, 6) is -0.305. The van der Waals surface area contributed by atoms with E-state index in [1.54, 1.807) is 36.1 Å². The average Bonchev–Trinajstić information content (AvgIpc) is 2.50. The summed E-state index contributed by atoms with van der Waals surface area (Å²) >= 11 is 0.